The number of aliphatic imine (C=N–C) groups is 1. The van der Waals surface area contributed by atoms with Gasteiger partial charge in [-0.1, -0.05) is 36.4 Å². The van der Waals surface area contributed by atoms with Crippen molar-refractivity contribution in [3.8, 4) is 0 Å². The van der Waals surface area contributed by atoms with Crippen molar-refractivity contribution in [1.82, 2.24) is 10.3 Å². The van der Waals surface area contributed by atoms with Crippen molar-refractivity contribution in [2.24, 2.45) is 4.99 Å². The van der Waals surface area contributed by atoms with Gasteiger partial charge < -0.3 is 15.5 Å². The van der Waals surface area contributed by atoms with Gasteiger partial charge in [-0.15, -0.1) is 0 Å². The summed E-state index contributed by atoms with van der Waals surface area (Å²) < 4.78 is 0. The number of nitrogens with zero attached hydrogens (tertiary/aromatic N) is 3. The molecule has 0 aliphatic rings. The molecule has 6 heteroatoms. The predicted molar refractivity (Wildman–Crippen MR) is 117 cm³/mol. The predicted octanol–water partition coefficient (Wildman–Crippen LogP) is 3.53. The Bertz CT molecular complexity index is 1030. The standard InChI is InChI=1S/C22H23N5O/c1-23-22(25-17-9-5-4-6-10-17)26-19(15-28)14-18-13-12-16-8-7-11-20(27(2)3)21(16)24-18/h4-15H,1-3H3,(H2,23,25,26)/b19-14-. The number of hydrogen-bond acceptors (Lipinski definition) is 4. The largest absolute Gasteiger partial charge is 0.376 e. The molecule has 0 spiro atoms. The molecule has 0 saturated carbocycles. The van der Waals surface area contributed by atoms with E-state index in [9.17, 15) is 4.79 Å². The number of rotatable bonds is 5. The molecule has 0 saturated heterocycles. The third-order valence-corrected chi connectivity index (χ3v) is 4.16. The number of aromatic nitrogens is 1. The zero-order valence-electron chi connectivity index (χ0n) is 16.2. The third-order valence-electron chi connectivity index (χ3n) is 4.16. The summed E-state index contributed by atoms with van der Waals surface area (Å²) in [6, 6.07) is 19.6. The maximum absolute atomic E-state index is 11.6. The number of fused-ring (bicyclic) bond motifs is 1. The molecule has 1 aromatic heterocycles. The van der Waals surface area contributed by atoms with Gasteiger partial charge in [0.15, 0.2) is 12.2 Å². The first-order chi connectivity index (χ1) is 13.6. The van der Waals surface area contributed by atoms with Gasteiger partial charge in [-0.3, -0.25) is 9.79 Å². The minimum Gasteiger partial charge on any atom is -0.376 e. The number of anilines is 2. The topological polar surface area (TPSA) is 69.6 Å². The van der Waals surface area contributed by atoms with E-state index in [2.05, 4.69) is 15.6 Å². The summed E-state index contributed by atoms with van der Waals surface area (Å²) in [6.45, 7) is 0. The summed E-state index contributed by atoms with van der Waals surface area (Å²) in [6.07, 6.45) is 2.46. The van der Waals surface area contributed by atoms with Gasteiger partial charge in [0.05, 0.1) is 22.6 Å². The van der Waals surface area contributed by atoms with Gasteiger partial charge >= 0.3 is 0 Å². The highest BCUT2D eigenvalue weighted by Gasteiger charge is 2.07. The normalized spacial score (nSPS) is 12.0. The van der Waals surface area contributed by atoms with Gasteiger partial charge in [-0.25, -0.2) is 4.98 Å². The van der Waals surface area contributed by atoms with Crippen LogP contribution in [0.1, 0.15) is 5.69 Å². The second-order valence-electron chi connectivity index (χ2n) is 6.39. The van der Waals surface area contributed by atoms with Crippen LogP contribution in [0.3, 0.4) is 0 Å². The molecule has 0 amide bonds. The second-order valence-corrected chi connectivity index (χ2v) is 6.39. The van der Waals surface area contributed by atoms with Crippen LogP contribution in [0.25, 0.3) is 17.0 Å². The molecule has 3 aromatic rings. The Morgan fingerprint density at radius 1 is 1.04 bits per heavy atom. The van der Waals surface area contributed by atoms with Crippen LogP contribution in [0.15, 0.2) is 71.4 Å². The Morgan fingerprint density at radius 3 is 2.50 bits per heavy atom. The van der Waals surface area contributed by atoms with Gasteiger partial charge in [-0.05, 0) is 30.3 Å². The van der Waals surface area contributed by atoms with E-state index in [-0.39, 0.29) is 0 Å². The molecule has 6 nitrogen and oxygen atoms in total. The molecule has 3 rings (SSSR count). The summed E-state index contributed by atoms with van der Waals surface area (Å²) in [7, 11) is 5.62. The number of benzene rings is 2. The minimum absolute atomic E-state index is 0.359. The molecule has 2 N–H and O–H groups in total. The summed E-state index contributed by atoms with van der Waals surface area (Å²) >= 11 is 0. The van der Waals surface area contributed by atoms with E-state index in [4.69, 9.17) is 4.98 Å². The number of nitrogens with one attached hydrogen (secondary N) is 2. The van der Waals surface area contributed by atoms with Crippen molar-refractivity contribution in [3.05, 3.63) is 72.1 Å². The maximum atomic E-state index is 11.6. The SMILES string of the molecule is CN=C(N/C(C=O)=C\c1ccc2cccc(N(C)C)c2n1)Nc1ccccc1. The van der Waals surface area contributed by atoms with Crippen LogP contribution in [-0.4, -0.2) is 38.4 Å². The maximum Gasteiger partial charge on any atom is 0.200 e. The van der Waals surface area contributed by atoms with E-state index in [0.29, 0.717) is 17.4 Å². The second kappa shape index (κ2) is 8.81. The van der Waals surface area contributed by atoms with Crippen LogP contribution in [0.5, 0.6) is 0 Å². The number of para-hydroxylation sites is 2. The average molecular weight is 373 g/mol. The fourth-order valence-corrected chi connectivity index (χ4v) is 2.78. The highest BCUT2D eigenvalue weighted by molar-refractivity contribution is 5.99. The molecule has 0 aliphatic heterocycles. The van der Waals surface area contributed by atoms with Crippen LogP contribution in [0.4, 0.5) is 11.4 Å². The Hall–Kier alpha value is -3.67. The minimum atomic E-state index is 0.359. The van der Waals surface area contributed by atoms with E-state index < -0.39 is 0 Å². The van der Waals surface area contributed by atoms with E-state index in [1.165, 1.54) is 0 Å². The molecule has 28 heavy (non-hydrogen) atoms. The van der Waals surface area contributed by atoms with Crippen LogP contribution in [-0.2, 0) is 4.79 Å². The van der Waals surface area contributed by atoms with E-state index in [1.54, 1.807) is 13.1 Å². The lowest BCUT2D eigenvalue weighted by Gasteiger charge is -2.15. The number of carbonyl (C=O) groups excluding carboxylic acids is 1. The number of hydrogen-bond donors (Lipinski definition) is 2. The average Bonchev–Trinajstić information content (AvgIpc) is 2.72. The molecule has 2 aromatic carbocycles. The molecule has 1 heterocycles. The van der Waals surface area contributed by atoms with Crippen LogP contribution < -0.4 is 15.5 Å². The summed E-state index contributed by atoms with van der Waals surface area (Å²) in [5.74, 6) is 0.472. The van der Waals surface area contributed by atoms with E-state index in [1.807, 2.05) is 79.7 Å². The number of carbonyl (C=O) groups is 1. The number of guanidine groups is 1. The molecule has 0 radical (unpaired) electrons. The molecule has 0 aliphatic carbocycles. The summed E-state index contributed by atoms with van der Waals surface area (Å²) in [5.41, 5.74) is 3.83. The Balaban J connectivity index is 1.87. The zero-order valence-corrected chi connectivity index (χ0v) is 16.2. The van der Waals surface area contributed by atoms with Gasteiger partial charge in [0.25, 0.3) is 0 Å². The third kappa shape index (κ3) is 4.54. The van der Waals surface area contributed by atoms with Crippen LogP contribution in [0, 0.1) is 0 Å². The summed E-state index contributed by atoms with van der Waals surface area (Å²) in [4.78, 5) is 22.5. The Kier molecular flexibility index (Phi) is 6.01. The van der Waals surface area contributed by atoms with Crippen LogP contribution >= 0.6 is 0 Å². The lowest BCUT2D eigenvalue weighted by Crippen LogP contribution is -2.30. The molecule has 0 bridgehead atoms. The molecular formula is C22H23N5O. The fourth-order valence-electron chi connectivity index (χ4n) is 2.78. The quantitative estimate of drug-likeness (QED) is 0.310. The monoisotopic (exact) mass is 373 g/mol. The first kappa shape index (κ1) is 19.1. The fraction of sp³-hybridized carbons (Fsp3) is 0.136. The van der Waals surface area contributed by atoms with Crippen molar-refractivity contribution in [2.75, 3.05) is 31.4 Å². The molecule has 0 fully saturated rings. The van der Waals surface area contributed by atoms with Crippen LogP contribution in [0.2, 0.25) is 0 Å². The first-order valence-electron chi connectivity index (χ1n) is 8.90. The van der Waals surface area contributed by atoms with E-state index >= 15 is 0 Å². The first-order valence-corrected chi connectivity index (χ1v) is 8.90. The van der Waals surface area contributed by atoms with Crippen molar-refractivity contribution < 1.29 is 4.79 Å². The van der Waals surface area contributed by atoms with E-state index in [0.717, 1.165) is 28.6 Å². The molecule has 0 unspecified atom stereocenters. The Morgan fingerprint density at radius 2 is 1.82 bits per heavy atom. The lowest BCUT2D eigenvalue weighted by molar-refractivity contribution is -0.105. The van der Waals surface area contributed by atoms with Gasteiger partial charge in [-0.2, -0.15) is 0 Å². The van der Waals surface area contributed by atoms with Gasteiger partial charge in [0, 0.05) is 32.2 Å². The molecular weight excluding hydrogens is 350 g/mol. The highest BCUT2D eigenvalue weighted by Crippen LogP contribution is 2.24. The highest BCUT2D eigenvalue weighted by atomic mass is 16.1. The van der Waals surface area contributed by atoms with Gasteiger partial charge in [0.1, 0.15) is 0 Å². The smallest absolute Gasteiger partial charge is 0.200 e. The molecule has 0 atom stereocenters. The van der Waals surface area contributed by atoms with Crippen molar-refractivity contribution >= 4 is 40.6 Å². The number of pyridine rings is 1. The van der Waals surface area contributed by atoms with Crippen molar-refractivity contribution in [3.63, 3.8) is 0 Å². The van der Waals surface area contributed by atoms with Gasteiger partial charge in [0.2, 0.25) is 0 Å². The van der Waals surface area contributed by atoms with Crippen molar-refractivity contribution in [1.29, 1.82) is 0 Å². The Labute approximate surface area is 164 Å². The zero-order chi connectivity index (χ0) is 19.9. The van der Waals surface area contributed by atoms with Crippen molar-refractivity contribution in [2.45, 2.75) is 0 Å². The summed E-state index contributed by atoms with van der Waals surface area (Å²) in [5, 5.41) is 7.21. The number of allylic oxidation sites excluding steroid dienone is 1. The number of aldehydes is 1. The molecule has 142 valence electrons. The lowest BCUT2D eigenvalue weighted by atomic mass is 10.1.